The second kappa shape index (κ2) is 7.02. The lowest BCUT2D eigenvalue weighted by molar-refractivity contribution is 0.0469. The first-order valence-corrected chi connectivity index (χ1v) is 7.29. The fourth-order valence-corrected chi connectivity index (χ4v) is 2.62. The number of carbonyl (C=O) groups excluding carboxylic acids is 1. The Morgan fingerprint density at radius 2 is 2.05 bits per heavy atom. The van der Waals surface area contributed by atoms with Crippen LogP contribution >= 0.6 is 0 Å². The van der Waals surface area contributed by atoms with E-state index in [0.29, 0.717) is 32.0 Å². The van der Waals surface area contributed by atoms with E-state index in [9.17, 15) is 9.90 Å². The molecule has 1 saturated heterocycles. The molecule has 1 atom stereocenters. The summed E-state index contributed by atoms with van der Waals surface area (Å²) in [6.07, 6.45) is 3.07. The maximum absolute atomic E-state index is 12.3. The molecule has 1 N–H and O–H groups in total. The number of aliphatic hydroxyl groups excluding tert-OH is 1. The average molecular weight is 295 g/mol. The highest BCUT2D eigenvalue weighted by molar-refractivity contribution is 5.90. The molecule has 1 amide bonds. The van der Waals surface area contributed by atoms with E-state index in [0.717, 1.165) is 13.1 Å². The minimum absolute atomic E-state index is 0.0176. The summed E-state index contributed by atoms with van der Waals surface area (Å²) < 4.78 is 1.75. The van der Waals surface area contributed by atoms with Crippen LogP contribution in [0.15, 0.2) is 12.4 Å². The van der Waals surface area contributed by atoms with Gasteiger partial charge in [0.2, 0.25) is 0 Å². The van der Waals surface area contributed by atoms with Gasteiger partial charge in [-0.15, -0.1) is 0 Å². The van der Waals surface area contributed by atoms with Gasteiger partial charge in [0.05, 0.1) is 6.10 Å². The van der Waals surface area contributed by atoms with E-state index >= 15 is 0 Å². The van der Waals surface area contributed by atoms with E-state index < -0.39 is 0 Å². The summed E-state index contributed by atoms with van der Waals surface area (Å²) in [5, 5.41) is 9.96. The first-order valence-electron chi connectivity index (χ1n) is 7.29. The Hall–Kier alpha value is -1.44. The van der Waals surface area contributed by atoms with E-state index in [-0.39, 0.29) is 12.0 Å². The highest BCUT2D eigenvalue weighted by Crippen LogP contribution is 2.07. The van der Waals surface area contributed by atoms with Gasteiger partial charge in [-0.25, -0.2) is 4.98 Å². The van der Waals surface area contributed by atoms with E-state index in [2.05, 4.69) is 9.88 Å². The van der Waals surface area contributed by atoms with Crippen molar-refractivity contribution in [3.05, 3.63) is 18.2 Å². The zero-order valence-corrected chi connectivity index (χ0v) is 13.1. The highest BCUT2D eigenvalue weighted by atomic mass is 16.3. The molecule has 1 unspecified atom stereocenters. The molecule has 0 radical (unpaired) electrons. The summed E-state index contributed by atoms with van der Waals surface area (Å²) in [5.74, 6) is 0.465. The topological polar surface area (TPSA) is 64.8 Å². The van der Waals surface area contributed by atoms with Crippen LogP contribution in [0.1, 0.15) is 10.6 Å². The van der Waals surface area contributed by atoms with Crippen LogP contribution in [0.5, 0.6) is 0 Å². The number of aromatic nitrogens is 2. The number of imidazole rings is 1. The maximum Gasteiger partial charge on any atom is 0.289 e. The molecular weight excluding hydrogens is 270 g/mol. The zero-order valence-electron chi connectivity index (χ0n) is 13.1. The highest BCUT2D eigenvalue weighted by Gasteiger charge is 2.25. The Labute approximate surface area is 125 Å². The van der Waals surface area contributed by atoms with Crippen molar-refractivity contribution in [1.82, 2.24) is 24.3 Å². The van der Waals surface area contributed by atoms with Gasteiger partial charge in [-0.2, -0.15) is 0 Å². The van der Waals surface area contributed by atoms with Crippen molar-refractivity contribution >= 4 is 5.91 Å². The molecule has 0 aromatic carbocycles. The summed E-state index contributed by atoms with van der Waals surface area (Å²) >= 11 is 0. The minimum Gasteiger partial charge on any atom is -0.390 e. The first kappa shape index (κ1) is 15.9. The van der Waals surface area contributed by atoms with Crippen LogP contribution in [0.3, 0.4) is 0 Å². The largest absolute Gasteiger partial charge is 0.390 e. The second-order valence-corrected chi connectivity index (χ2v) is 5.87. The molecule has 21 heavy (non-hydrogen) atoms. The lowest BCUT2D eigenvalue weighted by Gasteiger charge is -2.35. The number of hydrogen-bond donors (Lipinski definition) is 1. The van der Waals surface area contributed by atoms with Crippen LogP contribution in [0.4, 0.5) is 0 Å². The number of hydrogen-bond acceptors (Lipinski definition) is 5. The monoisotopic (exact) mass is 295 g/mol. The van der Waals surface area contributed by atoms with Crippen molar-refractivity contribution in [3.8, 4) is 0 Å². The second-order valence-electron chi connectivity index (χ2n) is 5.87. The molecule has 0 aliphatic carbocycles. The fourth-order valence-electron chi connectivity index (χ4n) is 2.62. The van der Waals surface area contributed by atoms with Gasteiger partial charge in [0, 0.05) is 58.7 Å². The van der Waals surface area contributed by atoms with Crippen molar-refractivity contribution in [2.75, 3.05) is 53.4 Å². The van der Waals surface area contributed by atoms with Crippen LogP contribution in [0.25, 0.3) is 0 Å². The predicted octanol–water partition coefficient (Wildman–Crippen LogP) is -0.900. The molecule has 118 valence electrons. The third-order valence-electron chi connectivity index (χ3n) is 3.72. The van der Waals surface area contributed by atoms with Crippen molar-refractivity contribution < 1.29 is 9.90 Å². The molecule has 1 aliphatic rings. The Bertz CT molecular complexity index is 466. The van der Waals surface area contributed by atoms with E-state index in [4.69, 9.17) is 0 Å². The van der Waals surface area contributed by atoms with Crippen LogP contribution in [0, 0.1) is 0 Å². The van der Waals surface area contributed by atoms with Gasteiger partial charge in [0.25, 0.3) is 5.91 Å². The number of likely N-dealkylation sites (N-methyl/N-ethyl adjacent to an activating group) is 1. The summed E-state index contributed by atoms with van der Waals surface area (Å²) in [7, 11) is 5.73. The fraction of sp³-hybridized carbons (Fsp3) is 0.714. The predicted molar refractivity (Wildman–Crippen MR) is 80.1 cm³/mol. The van der Waals surface area contributed by atoms with Crippen molar-refractivity contribution in [2.24, 2.45) is 7.05 Å². The molecule has 7 heteroatoms. The molecule has 0 saturated carbocycles. The van der Waals surface area contributed by atoms with Gasteiger partial charge in [-0.1, -0.05) is 0 Å². The van der Waals surface area contributed by atoms with Crippen LogP contribution in [-0.2, 0) is 7.05 Å². The first-order chi connectivity index (χ1) is 9.97. The Balaban J connectivity index is 1.81. The van der Waals surface area contributed by atoms with Gasteiger partial charge in [0.1, 0.15) is 0 Å². The molecule has 1 aromatic heterocycles. The number of amides is 1. The van der Waals surface area contributed by atoms with Gasteiger partial charge < -0.3 is 19.5 Å². The molecule has 2 rings (SSSR count). The number of piperazine rings is 1. The smallest absolute Gasteiger partial charge is 0.289 e. The average Bonchev–Trinajstić information content (AvgIpc) is 2.84. The molecule has 1 fully saturated rings. The number of nitrogens with zero attached hydrogens (tertiary/aromatic N) is 5. The van der Waals surface area contributed by atoms with E-state index in [1.165, 1.54) is 0 Å². The van der Waals surface area contributed by atoms with Gasteiger partial charge in [0.15, 0.2) is 5.82 Å². The standard InChI is InChI=1S/C14H25N5O2/c1-16(2)10-12(20)11-18-6-8-19(9-7-18)14(21)13-15-4-5-17(13)3/h4-5,12,20H,6-11H2,1-3H3. The molecule has 0 spiro atoms. The Kier molecular flexibility index (Phi) is 5.33. The summed E-state index contributed by atoms with van der Waals surface area (Å²) in [6.45, 7) is 4.26. The molecule has 2 heterocycles. The van der Waals surface area contributed by atoms with E-state index in [1.54, 1.807) is 17.0 Å². The Morgan fingerprint density at radius 3 is 2.57 bits per heavy atom. The number of carbonyl (C=O) groups is 1. The molecular formula is C14H25N5O2. The third-order valence-corrected chi connectivity index (χ3v) is 3.72. The zero-order chi connectivity index (χ0) is 15.4. The lowest BCUT2D eigenvalue weighted by Crippen LogP contribution is -2.51. The van der Waals surface area contributed by atoms with Crippen molar-refractivity contribution in [2.45, 2.75) is 6.10 Å². The van der Waals surface area contributed by atoms with E-state index in [1.807, 2.05) is 30.9 Å². The van der Waals surface area contributed by atoms with Gasteiger partial charge in [-0.05, 0) is 14.1 Å². The minimum atomic E-state index is -0.350. The van der Waals surface area contributed by atoms with Gasteiger partial charge >= 0.3 is 0 Å². The van der Waals surface area contributed by atoms with Crippen LogP contribution in [0.2, 0.25) is 0 Å². The van der Waals surface area contributed by atoms with Crippen LogP contribution in [-0.4, -0.2) is 94.7 Å². The number of aliphatic hydroxyl groups is 1. The SMILES string of the molecule is CN(C)CC(O)CN1CCN(C(=O)c2nccn2C)CC1. The van der Waals surface area contributed by atoms with Crippen molar-refractivity contribution in [1.29, 1.82) is 0 Å². The quantitative estimate of drug-likeness (QED) is 0.763. The molecule has 1 aromatic rings. The normalized spacial score (nSPS) is 18.2. The molecule has 0 bridgehead atoms. The van der Waals surface area contributed by atoms with Gasteiger partial charge in [-0.3, -0.25) is 9.69 Å². The maximum atomic E-state index is 12.3. The number of aryl methyl sites for hydroxylation is 1. The number of rotatable bonds is 5. The van der Waals surface area contributed by atoms with Crippen LogP contribution < -0.4 is 0 Å². The number of β-amino-alcohol motifs (C(OH)–C–C–N with tert-alkyl or cyclic N) is 1. The molecule has 7 nitrogen and oxygen atoms in total. The summed E-state index contributed by atoms with van der Waals surface area (Å²) in [5.41, 5.74) is 0. The lowest BCUT2D eigenvalue weighted by atomic mass is 10.2. The third kappa shape index (κ3) is 4.26. The van der Waals surface area contributed by atoms with Crippen molar-refractivity contribution in [3.63, 3.8) is 0 Å². The summed E-state index contributed by atoms with van der Waals surface area (Å²) in [6, 6.07) is 0. The Morgan fingerprint density at radius 1 is 1.38 bits per heavy atom. The summed E-state index contributed by atoms with van der Waals surface area (Å²) in [4.78, 5) is 22.4. The molecule has 1 aliphatic heterocycles.